The van der Waals surface area contributed by atoms with Crippen molar-refractivity contribution in [2.45, 2.75) is 26.0 Å². The Morgan fingerprint density at radius 3 is 2.75 bits per heavy atom. The summed E-state index contributed by atoms with van der Waals surface area (Å²) in [6.07, 6.45) is 0.107. The zero-order chi connectivity index (χ0) is 19.1. The molecule has 0 amide bonds. The number of nitrogens with one attached hydrogen (secondary N) is 2. The molecule has 3 N–H and O–H groups in total. The van der Waals surface area contributed by atoms with Gasteiger partial charge >= 0.3 is 0 Å². The van der Waals surface area contributed by atoms with E-state index in [2.05, 4.69) is 31.6 Å². The molecule has 0 radical (unpaired) electrons. The van der Waals surface area contributed by atoms with E-state index in [9.17, 15) is 5.11 Å². The number of benzene rings is 2. The standard InChI is InChI=1S/C20H24BrN3O3.HI/c1-2-22-20(23-9-8-17(25)15-6-4-3-5-7-15)24-12-14-10-16(21)19-18(11-14)26-13-27-19;/h3-7,10-11,17,25H,2,8-9,12-13H2,1H3,(H2,22,23,24);1H. The molecular weight excluding hydrogens is 537 g/mol. The van der Waals surface area contributed by atoms with Gasteiger partial charge in [0.15, 0.2) is 17.5 Å². The normalized spacial score (nSPS) is 13.6. The van der Waals surface area contributed by atoms with Gasteiger partial charge in [-0.2, -0.15) is 0 Å². The third kappa shape index (κ3) is 6.25. The molecule has 2 aromatic rings. The van der Waals surface area contributed by atoms with Gasteiger partial charge in [-0.1, -0.05) is 30.3 Å². The average Bonchev–Trinajstić information content (AvgIpc) is 3.16. The molecule has 0 aromatic heterocycles. The fourth-order valence-electron chi connectivity index (χ4n) is 2.79. The average molecular weight is 562 g/mol. The van der Waals surface area contributed by atoms with Crippen LogP contribution >= 0.6 is 39.9 Å². The van der Waals surface area contributed by atoms with Gasteiger partial charge in [0.2, 0.25) is 6.79 Å². The summed E-state index contributed by atoms with van der Waals surface area (Å²) in [6, 6.07) is 13.6. The van der Waals surface area contributed by atoms with Crippen molar-refractivity contribution in [1.29, 1.82) is 0 Å². The van der Waals surface area contributed by atoms with E-state index in [0.717, 1.165) is 33.6 Å². The topological polar surface area (TPSA) is 75.1 Å². The predicted molar refractivity (Wildman–Crippen MR) is 125 cm³/mol. The molecule has 0 bridgehead atoms. The molecule has 8 heteroatoms. The Balaban J connectivity index is 0.00000280. The number of halogens is 2. The maximum absolute atomic E-state index is 10.3. The van der Waals surface area contributed by atoms with Gasteiger partial charge in [-0.15, -0.1) is 24.0 Å². The highest BCUT2D eigenvalue weighted by Crippen LogP contribution is 2.40. The van der Waals surface area contributed by atoms with Gasteiger partial charge in [0.05, 0.1) is 17.1 Å². The SMILES string of the molecule is CCNC(=NCc1cc(Br)c2c(c1)OCO2)NCCC(O)c1ccccc1.I. The van der Waals surface area contributed by atoms with Crippen LogP contribution in [0.4, 0.5) is 0 Å². The smallest absolute Gasteiger partial charge is 0.231 e. The molecule has 0 saturated carbocycles. The van der Waals surface area contributed by atoms with E-state index < -0.39 is 6.10 Å². The highest BCUT2D eigenvalue weighted by molar-refractivity contribution is 14.0. The van der Waals surface area contributed by atoms with E-state index in [4.69, 9.17) is 9.47 Å². The summed E-state index contributed by atoms with van der Waals surface area (Å²) < 4.78 is 11.7. The number of aliphatic hydroxyl groups excluding tert-OH is 1. The van der Waals surface area contributed by atoms with Gasteiger partial charge in [-0.25, -0.2) is 4.99 Å². The summed E-state index contributed by atoms with van der Waals surface area (Å²) in [5, 5.41) is 16.8. The Bertz CT molecular complexity index is 790. The third-order valence-electron chi connectivity index (χ3n) is 4.15. The first kappa shape index (κ1) is 22.8. The van der Waals surface area contributed by atoms with Gasteiger partial charge in [0.25, 0.3) is 0 Å². The first-order chi connectivity index (χ1) is 13.2. The highest BCUT2D eigenvalue weighted by Gasteiger charge is 2.17. The van der Waals surface area contributed by atoms with Crippen molar-refractivity contribution in [3.05, 3.63) is 58.1 Å². The number of aliphatic hydroxyl groups is 1. The van der Waals surface area contributed by atoms with Crippen LogP contribution in [-0.2, 0) is 6.54 Å². The molecule has 0 aliphatic carbocycles. The molecule has 3 rings (SSSR count). The molecule has 6 nitrogen and oxygen atoms in total. The monoisotopic (exact) mass is 561 g/mol. The number of hydrogen-bond donors (Lipinski definition) is 3. The molecule has 1 aliphatic rings. The zero-order valence-electron chi connectivity index (χ0n) is 15.7. The summed E-state index contributed by atoms with van der Waals surface area (Å²) in [5.74, 6) is 2.19. The Morgan fingerprint density at radius 1 is 1.21 bits per heavy atom. The molecular formula is C20H25BrIN3O3. The second-order valence-electron chi connectivity index (χ2n) is 6.15. The number of ether oxygens (including phenoxy) is 2. The third-order valence-corrected chi connectivity index (χ3v) is 4.73. The van der Waals surface area contributed by atoms with Crippen LogP contribution in [0.2, 0.25) is 0 Å². The molecule has 2 aromatic carbocycles. The van der Waals surface area contributed by atoms with Gasteiger partial charge in [0.1, 0.15) is 0 Å². The zero-order valence-corrected chi connectivity index (χ0v) is 19.6. The van der Waals surface area contributed by atoms with Crippen LogP contribution in [0.5, 0.6) is 11.5 Å². The second-order valence-corrected chi connectivity index (χ2v) is 7.00. The summed E-state index contributed by atoms with van der Waals surface area (Å²) in [5.41, 5.74) is 1.94. The summed E-state index contributed by atoms with van der Waals surface area (Å²) >= 11 is 3.50. The highest BCUT2D eigenvalue weighted by atomic mass is 127. The number of guanidine groups is 1. The minimum Gasteiger partial charge on any atom is -0.454 e. The molecule has 0 saturated heterocycles. The molecule has 28 heavy (non-hydrogen) atoms. The number of nitrogens with zero attached hydrogens (tertiary/aromatic N) is 1. The quantitative estimate of drug-likeness (QED) is 0.271. The van der Waals surface area contributed by atoms with Gasteiger partial charge in [-0.05, 0) is 52.5 Å². The van der Waals surface area contributed by atoms with Crippen molar-refractivity contribution in [2.24, 2.45) is 4.99 Å². The number of aliphatic imine (C=N–C) groups is 1. The first-order valence-electron chi connectivity index (χ1n) is 9.00. The molecule has 1 unspecified atom stereocenters. The Kier molecular flexibility index (Phi) is 9.33. The lowest BCUT2D eigenvalue weighted by Crippen LogP contribution is -2.38. The van der Waals surface area contributed by atoms with Crippen LogP contribution in [-0.4, -0.2) is 30.9 Å². The van der Waals surface area contributed by atoms with Crippen molar-refractivity contribution in [3.8, 4) is 11.5 Å². The second kappa shape index (κ2) is 11.5. The lowest BCUT2D eigenvalue weighted by atomic mass is 10.1. The van der Waals surface area contributed by atoms with Crippen molar-refractivity contribution in [2.75, 3.05) is 19.9 Å². The number of fused-ring (bicyclic) bond motifs is 1. The number of rotatable bonds is 7. The Morgan fingerprint density at radius 2 is 2.00 bits per heavy atom. The van der Waals surface area contributed by atoms with Crippen LogP contribution in [0.15, 0.2) is 51.9 Å². The lowest BCUT2D eigenvalue weighted by molar-refractivity contribution is 0.168. The minimum absolute atomic E-state index is 0. The van der Waals surface area contributed by atoms with E-state index in [1.165, 1.54) is 0 Å². The molecule has 152 valence electrons. The van der Waals surface area contributed by atoms with Gasteiger partial charge in [0, 0.05) is 13.1 Å². The predicted octanol–water partition coefficient (Wildman–Crippen LogP) is 3.97. The van der Waals surface area contributed by atoms with Crippen molar-refractivity contribution in [1.82, 2.24) is 10.6 Å². The van der Waals surface area contributed by atoms with Crippen LogP contribution in [0.1, 0.15) is 30.6 Å². The van der Waals surface area contributed by atoms with Crippen molar-refractivity contribution >= 4 is 45.9 Å². The van der Waals surface area contributed by atoms with Gasteiger partial charge in [-0.3, -0.25) is 0 Å². The van der Waals surface area contributed by atoms with Crippen LogP contribution in [0, 0.1) is 0 Å². The summed E-state index contributed by atoms with van der Waals surface area (Å²) in [4.78, 5) is 4.62. The largest absolute Gasteiger partial charge is 0.454 e. The van der Waals surface area contributed by atoms with E-state index in [0.29, 0.717) is 25.5 Å². The van der Waals surface area contributed by atoms with E-state index in [1.807, 2.05) is 49.4 Å². The van der Waals surface area contributed by atoms with E-state index in [1.54, 1.807) is 0 Å². The fraction of sp³-hybridized carbons (Fsp3) is 0.350. The molecule has 1 heterocycles. The van der Waals surface area contributed by atoms with E-state index >= 15 is 0 Å². The van der Waals surface area contributed by atoms with Crippen molar-refractivity contribution in [3.63, 3.8) is 0 Å². The molecule has 0 spiro atoms. The molecule has 0 fully saturated rings. The number of hydrogen-bond acceptors (Lipinski definition) is 4. The summed E-state index contributed by atoms with van der Waals surface area (Å²) in [6.45, 7) is 4.15. The Labute approximate surface area is 190 Å². The van der Waals surface area contributed by atoms with Crippen molar-refractivity contribution < 1.29 is 14.6 Å². The van der Waals surface area contributed by atoms with Gasteiger partial charge < -0.3 is 25.2 Å². The minimum atomic E-state index is -0.494. The molecule has 1 atom stereocenters. The maximum Gasteiger partial charge on any atom is 0.231 e. The summed E-state index contributed by atoms with van der Waals surface area (Å²) in [7, 11) is 0. The van der Waals surface area contributed by atoms with Crippen LogP contribution in [0.3, 0.4) is 0 Å². The molecule has 1 aliphatic heterocycles. The lowest BCUT2D eigenvalue weighted by Gasteiger charge is -2.14. The fourth-order valence-corrected chi connectivity index (χ4v) is 3.40. The van der Waals surface area contributed by atoms with Crippen LogP contribution < -0.4 is 20.1 Å². The maximum atomic E-state index is 10.3. The van der Waals surface area contributed by atoms with E-state index in [-0.39, 0.29) is 30.8 Å². The first-order valence-corrected chi connectivity index (χ1v) is 9.80. The van der Waals surface area contributed by atoms with Crippen LogP contribution in [0.25, 0.3) is 0 Å². The Hall–Kier alpha value is -1.52.